The zero-order chi connectivity index (χ0) is 17.6. The van der Waals surface area contributed by atoms with Crippen LogP contribution in [-0.2, 0) is 0 Å². The lowest BCUT2D eigenvalue weighted by molar-refractivity contribution is 0.0501. The molecule has 0 fully saturated rings. The van der Waals surface area contributed by atoms with E-state index in [4.69, 9.17) is 0 Å². The lowest BCUT2D eigenvalue weighted by atomic mass is 10.1. The first kappa shape index (κ1) is 19.3. The van der Waals surface area contributed by atoms with Crippen LogP contribution >= 0.6 is 0 Å². The van der Waals surface area contributed by atoms with Crippen molar-refractivity contribution in [3.8, 4) is 0 Å². The number of hydrogen-bond acceptors (Lipinski definition) is 3. The lowest BCUT2D eigenvalue weighted by Crippen LogP contribution is -2.44. The maximum atomic E-state index is 12.3. The lowest BCUT2D eigenvalue weighted by Gasteiger charge is -2.29. The van der Waals surface area contributed by atoms with Crippen LogP contribution in [0.2, 0.25) is 0 Å². The van der Waals surface area contributed by atoms with Gasteiger partial charge in [0, 0.05) is 30.5 Å². The summed E-state index contributed by atoms with van der Waals surface area (Å²) in [5, 5.41) is 12.8. The van der Waals surface area contributed by atoms with E-state index in [0.717, 1.165) is 17.9 Å². The maximum absolute atomic E-state index is 12.3. The Bertz CT molecular complexity index is 492. The number of nitrogens with zero attached hydrogens (tertiary/aromatic N) is 2. The quantitative estimate of drug-likeness (QED) is 0.807. The molecule has 5 heteroatoms. The standard InChI is InChI=1S/C18H31N3O2/c1-7-20(13-18(5,6)23)17(22)19-15-9-11-16(12-10-15)21(8-2)14(3)4/h9-12,14,23H,7-8,13H2,1-6H3,(H,19,22). The summed E-state index contributed by atoms with van der Waals surface area (Å²) in [7, 11) is 0. The number of nitrogens with one attached hydrogen (secondary N) is 1. The number of carbonyl (C=O) groups excluding carboxylic acids is 1. The molecule has 0 radical (unpaired) electrons. The van der Waals surface area contributed by atoms with Crippen LogP contribution in [-0.4, -0.2) is 47.3 Å². The predicted octanol–water partition coefficient (Wildman–Crippen LogP) is 3.55. The van der Waals surface area contributed by atoms with Crippen molar-refractivity contribution >= 4 is 17.4 Å². The molecule has 0 aliphatic heterocycles. The van der Waals surface area contributed by atoms with Crippen molar-refractivity contribution < 1.29 is 9.90 Å². The molecule has 0 saturated carbocycles. The summed E-state index contributed by atoms with van der Waals surface area (Å²) in [6.07, 6.45) is 0. The maximum Gasteiger partial charge on any atom is 0.321 e. The fraction of sp³-hybridized carbons (Fsp3) is 0.611. The Labute approximate surface area is 140 Å². The third kappa shape index (κ3) is 6.10. The molecule has 130 valence electrons. The first-order chi connectivity index (χ1) is 10.7. The smallest absolute Gasteiger partial charge is 0.321 e. The van der Waals surface area contributed by atoms with E-state index in [1.165, 1.54) is 0 Å². The highest BCUT2D eigenvalue weighted by atomic mass is 16.3. The van der Waals surface area contributed by atoms with Gasteiger partial charge in [-0.3, -0.25) is 0 Å². The fourth-order valence-electron chi connectivity index (χ4n) is 2.58. The second-order valence-corrected chi connectivity index (χ2v) is 6.68. The summed E-state index contributed by atoms with van der Waals surface area (Å²) in [6, 6.07) is 8.10. The van der Waals surface area contributed by atoms with E-state index in [-0.39, 0.29) is 6.03 Å². The molecule has 0 aromatic heterocycles. The van der Waals surface area contributed by atoms with Gasteiger partial charge in [-0.15, -0.1) is 0 Å². The van der Waals surface area contributed by atoms with Gasteiger partial charge in [0.15, 0.2) is 0 Å². The Morgan fingerprint density at radius 3 is 2.13 bits per heavy atom. The molecule has 0 unspecified atom stereocenters. The topological polar surface area (TPSA) is 55.8 Å². The summed E-state index contributed by atoms with van der Waals surface area (Å²) in [5.74, 6) is 0. The van der Waals surface area contributed by atoms with Gasteiger partial charge >= 0.3 is 6.03 Å². The molecule has 1 rings (SSSR count). The highest BCUT2D eigenvalue weighted by Crippen LogP contribution is 2.20. The molecule has 0 heterocycles. The van der Waals surface area contributed by atoms with Crippen LogP contribution in [0.4, 0.5) is 16.2 Å². The number of anilines is 2. The molecule has 0 atom stereocenters. The van der Waals surface area contributed by atoms with Crippen molar-refractivity contribution in [2.45, 2.75) is 53.2 Å². The molecule has 23 heavy (non-hydrogen) atoms. The molecule has 5 nitrogen and oxygen atoms in total. The molecule has 0 saturated heterocycles. The monoisotopic (exact) mass is 321 g/mol. The van der Waals surface area contributed by atoms with E-state index >= 15 is 0 Å². The minimum atomic E-state index is -0.907. The molecular formula is C18H31N3O2. The van der Waals surface area contributed by atoms with E-state index in [0.29, 0.717) is 19.1 Å². The van der Waals surface area contributed by atoms with Crippen LogP contribution in [0.15, 0.2) is 24.3 Å². The summed E-state index contributed by atoms with van der Waals surface area (Å²) in [4.78, 5) is 16.2. The van der Waals surface area contributed by atoms with Crippen LogP contribution in [0.3, 0.4) is 0 Å². The molecule has 1 aromatic rings. The van der Waals surface area contributed by atoms with E-state index in [2.05, 4.69) is 31.0 Å². The summed E-state index contributed by atoms with van der Waals surface area (Å²) in [6.45, 7) is 13.5. The Kier molecular flexibility index (Phi) is 6.88. The van der Waals surface area contributed by atoms with E-state index in [9.17, 15) is 9.90 Å². The molecule has 0 aliphatic carbocycles. The van der Waals surface area contributed by atoms with Crippen molar-refractivity contribution in [1.29, 1.82) is 0 Å². The normalized spacial score (nSPS) is 11.5. The summed E-state index contributed by atoms with van der Waals surface area (Å²) in [5.41, 5.74) is 0.993. The number of likely N-dealkylation sites (N-methyl/N-ethyl adjacent to an activating group) is 1. The minimum absolute atomic E-state index is 0.196. The first-order valence-electron chi connectivity index (χ1n) is 8.33. The van der Waals surface area contributed by atoms with E-state index in [1.807, 2.05) is 31.2 Å². The third-order valence-electron chi connectivity index (χ3n) is 3.66. The highest BCUT2D eigenvalue weighted by molar-refractivity contribution is 5.89. The molecule has 2 amide bonds. The number of carbonyl (C=O) groups is 1. The largest absolute Gasteiger partial charge is 0.389 e. The highest BCUT2D eigenvalue weighted by Gasteiger charge is 2.21. The van der Waals surface area contributed by atoms with Gasteiger partial charge in [0.1, 0.15) is 0 Å². The minimum Gasteiger partial charge on any atom is -0.389 e. The van der Waals surface area contributed by atoms with Crippen LogP contribution in [0.5, 0.6) is 0 Å². The fourth-order valence-corrected chi connectivity index (χ4v) is 2.58. The second-order valence-electron chi connectivity index (χ2n) is 6.68. The van der Waals surface area contributed by atoms with Crippen molar-refractivity contribution in [2.75, 3.05) is 29.9 Å². The SMILES string of the molecule is CCN(CC(C)(C)O)C(=O)Nc1ccc(N(CC)C(C)C)cc1. The molecule has 0 bridgehead atoms. The van der Waals surface area contributed by atoms with Gasteiger partial charge < -0.3 is 20.2 Å². The number of urea groups is 1. The van der Waals surface area contributed by atoms with Crippen LogP contribution in [0.25, 0.3) is 0 Å². The van der Waals surface area contributed by atoms with Crippen LogP contribution in [0, 0.1) is 0 Å². The molecule has 1 aromatic carbocycles. The second kappa shape index (κ2) is 8.20. The van der Waals surface area contributed by atoms with Gasteiger partial charge in [-0.2, -0.15) is 0 Å². The zero-order valence-corrected chi connectivity index (χ0v) is 15.3. The summed E-state index contributed by atoms with van der Waals surface area (Å²) >= 11 is 0. The average Bonchev–Trinajstić information content (AvgIpc) is 2.46. The van der Waals surface area contributed by atoms with E-state index in [1.54, 1.807) is 18.7 Å². The molecule has 2 N–H and O–H groups in total. The van der Waals surface area contributed by atoms with Crippen LogP contribution < -0.4 is 10.2 Å². The van der Waals surface area contributed by atoms with E-state index < -0.39 is 5.60 Å². The predicted molar refractivity (Wildman–Crippen MR) is 97.2 cm³/mol. The van der Waals surface area contributed by atoms with Gasteiger partial charge in [0.2, 0.25) is 0 Å². The zero-order valence-electron chi connectivity index (χ0n) is 15.3. The Hall–Kier alpha value is -1.75. The van der Waals surface area contributed by atoms with Gasteiger partial charge in [-0.1, -0.05) is 0 Å². The van der Waals surface area contributed by atoms with Crippen molar-refractivity contribution in [3.05, 3.63) is 24.3 Å². The molecular weight excluding hydrogens is 290 g/mol. The van der Waals surface area contributed by atoms with Crippen LogP contribution in [0.1, 0.15) is 41.5 Å². The van der Waals surface area contributed by atoms with Crippen molar-refractivity contribution in [2.24, 2.45) is 0 Å². The Balaban J connectivity index is 2.75. The Morgan fingerprint density at radius 2 is 1.74 bits per heavy atom. The number of amides is 2. The third-order valence-corrected chi connectivity index (χ3v) is 3.66. The van der Waals surface area contributed by atoms with Crippen molar-refractivity contribution in [3.63, 3.8) is 0 Å². The molecule has 0 aliphatic rings. The van der Waals surface area contributed by atoms with Gasteiger partial charge in [-0.25, -0.2) is 4.79 Å². The van der Waals surface area contributed by atoms with Gasteiger partial charge in [0.25, 0.3) is 0 Å². The van der Waals surface area contributed by atoms with Crippen molar-refractivity contribution in [1.82, 2.24) is 4.90 Å². The number of rotatable bonds is 7. The Morgan fingerprint density at radius 1 is 1.17 bits per heavy atom. The summed E-state index contributed by atoms with van der Waals surface area (Å²) < 4.78 is 0. The molecule has 0 spiro atoms. The number of aliphatic hydroxyl groups is 1. The van der Waals surface area contributed by atoms with Gasteiger partial charge in [0.05, 0.1) is 12.1 Å². The first-order valence-corrected chi connectivity index (χ1v) is 8.33. The number of hydrogen-bond donors (Lipinski definition) is 2. The van der Waals surface area contributed by atoms with Gasteiger partial charge in [-0.05, 0) is 65.8 Å². The number of benzene rings is 1. The average molecular weight is 321 g/mol.